The van der Waals surface area contributed by atoms with Crippen LogP contribution < -0.4 is 0 Å². The fourth-order valence-corrected chi connectivity index (χ4v) is 1.61. The Labute approximate surface area is 54.3 Å². The number of allylic oxidation sites excluding steroid dienone is 1. The lowest BCUT2D eigenvalue weighted by Gasteiger charge is -1.77. The average molecular weight is 179 g/mol. The maximum absolute atomic E-state index is 10.3. The zero-order valence-corrected chi connectivity index (χ0v) is 5.88. The molecule has 0 bridgehead atoms. The van der Waals surface area contributed by atoms with Gasteiger partial charge in [0.15, 0.2) is 5.12 Å². The summed E-state index contributed by atoms with van der Waals surface area (Å²) in [5.74, 6) is 0. The van der Waals surface area contributed by atoms with Gasteiger partial charge < -0.3 is 0 Å². The van der Waals surface area contributed by atoms with Crippen LogP contribution in [-0.4, -0.2) is 5.12 Å². The predicted octanol–water partition coefficient (Wildman–Crippen LogP) is 1.89. The first-order valence-corrected chi connectivity index (χ1v) is 3.46. The van der Waals surface area contributed by atoms with E-state index in [0.29, 0.717) is 6.42 Å². The van der Waals surface area contributed by atoms with Crippen molar-refractivity contribution < 1.29 is 4.79 Å². The zero-order chi connectivity index (χ0) is 5.28. The van der Waals surface area contributed by atoms with Crippen molar-refractivity contribution in [3.63, 3.8) is 0 Å². The number of halogens is 1. The molecule has 1 heterocycles. The molecule has 0 radical (unpaired) electrons. The van der Waals surface area contributed by atoms with Crippen molar-refractivity contribution in [1.82, 2.24) is 0 Å². The van der Waals surface area contributed by atoms with Gasteiger partial charge in [-0.3, -0.25) is 4.79 Å². The van der Waals surface area contributed by atoms with Crippen LogP contribution in [0, 0.1) is 0 Å². The highest BCUT2D eigenvalue weighted by Crippen LogP contribution is 2.30. The third-order valence-electron chi connectivity index (χ3n) is 0.641. The summed E-state index contributed by atoms with van der Waals surface area (Å²) < 4.78 is 0.956. The molecule has 1 aliphatic rings. The summed E-state index contributed by atoms with van der Waals surface area (Å²) in [5.41, 5.74) is 0. The molecule has 0 fully saturated rings. The Balaban J connectivity index is 2.58. The Morgan fingerprint density at radius 3 is 2.71 bits per heavy atom. The number of rotatable bonds is 0. The second-order valence-corrected chi connectivity index (χ2v) is 3.66. The van der Waals surface area contributed by atoms with E-state index in [0.717, 1.165) is 3.81 Å². The molecule has 0 aromatic carbocycles. The molecule has 0 amide bonds. The van der Waals surface area contributed by atoms with Crippen LogP contribution >= 0.6 is 27.7 Å². The molecular formula is C4H3BrOS. The second kappa shape index (κ2) is 2.01. The number of hydrogen-bond donors (Lipinski definition) is 0. The Bertz CT molecular complexity index is 130. The van der Waals surface area contributed by atoms with Gasteiger partial charge in [-0.2, -0.15) is 0 Å². The molecule has 0 spiro atoms. The van der Waals surface area contributed by atoms with Gasteiger partial charge in [-0.15, -0.1) is 0 Å². The van der Waals surface area contributed by atoms with E-state index >= 15 is 0 Å². The van der Waals surface area contributed by atoms with Crippen molar-refractivity contribution >= 4 is 32.8 Å². The van der Waals surface area contributed by atoms with E-state index in [4.69, 9.17) is 0 Å². The Morgan fingerprint density at radius 2 is 2.57 bits per heavy atom. The summed E-state index contributed by atoms with van der Waals surface area (Å²) in [7, 11) is 0. The van der Waals surface area contributed by atoms with E-state index in [-0.39, 0.29) is 5.12 Å². The average Bonchev–Trinajstić information content (AvgIpc) is 1.87. The van der Waals surface area contributed by atoms with Crippen LogP contribution in [0.5, 0.6) is 0 Å². The topological polar surface area (TPSA) is 17.1 Å². The summed E-state index contributed by atoms with van der Waals surface area (Å²) in [6, 6.07) is 0. The SMILES string of the molecule is O=C1CC=C(Br)S1. The molecule has 0 atom stereocenters. The van der Waals surface area contributed by atoms with Crippen LogP contribution in [0.25, 0.3) is 0 Å². The maximum atomic E-state index is 10.3. The molecule has 7 heavy (non-hydrogen) atoms. The highest BCUT2D eigenvalue weighted by atomic mass is 79.9. The Kier molecular flexibility index (Phi) is 1.54. The van der Waals surface area contributed by atoms with Crippen molar-refractivity contribution in [3.05, 3.63) is 9.89 Å². The molecule has 0 aliphatic carbocycles. The van der Waals surface area contributed by atoms with Gasteiger partial charge in [0, 0.05) is 6.42 Å². The third kappa shape index (κ3) is 1.31. The van der Waals surface area contributed by atoms with Crippen LogP contribution in [0.3, 0.4) is 0 Å². The molecule has 3 heteroatoms. The van der Waals surface area contributed by atoms with E-state index in [1.807, 2.05) is 6.08 Å². The highest BCUT2D eigenvalue weighted by molar-refractivity contribution is 9.14. The largest absolute Gasteiger partial charge is 0.286 e. The minimum absolute atomic E-state index is 0.229. The van der Waals surface area contributed by atoms with Gasteiger partial charge in [0.05, 0.1) is 3.81 Å². The van der Waals surface area contributed by atoms with E-state index in [9.17, 15) is 4.79 Å². The highest BCUT2D eigenvalue weighted by Gasteiger charge is 2.09. The van der Waals surface area contributed by atoms with Crippen LogP contribution in [0.15, 0.2) is 9.89 Å². The number of carbonyl (C=O) groups is 1. The second-order valence-electron chi connectivity index (χ2n) is 1.19. The van der Waals surface area contributed by atoms with Gasteiger partial charge in [0.25, 0.3) is 0 Å². The Morgan fingerprint density at radius 1 is 1.86 bits per heavy atom. The molecule has 38 valence electrons. The summed E-state index contributed by atoms with van der Waals surface area (Å²) >= 11 is 4.44. The molecular weight excluding hydrogens is 176 g/mol. The van der Waals surface area contributed by atoms with Crippen LogP contribution in [0.4, 0.5) is 0 Å². The molecule has 0 aromatic rings. The fourth-order valence-electron chi connectivity index (χ4n) is 0.356. The van der Waals surface area contributed by atoms with Crippen molar-refractivity contribution in [1.29, 1.82) is 0 Å². The summed E-state index contributed by atoms with van der Waals surface area (Å²) in [6.45, 7) is 0. The predicted molar refractivity (Wildman–Crippen MR) is 34.2 cm³/mol. The van der Waals surface area contributed by atoms with Gasteiger partial charge in [-0.1, -0.05) is 6.08 Å². The molecule has 0 saturated carbocycles. The number of carbonyl (C=O) groups excluding carboxylic acids is 1. The van der Waals surface area contributed by atoms with Crippen molar-refractivity contribution in [3.8, 4) is 0 Å². The molecule has 1 aliphatic heterocycles. The third-order valence-corrected chi connectivity index (χ3v) is 2.21. The summed E-state index contributed by atoms with van der Waals surface area (Å²) in [6.07, 6.45) is 2.46. The Hall–Kier alpha value is 0.240. The van der Waals surface area contributed by atoms with Crippen molar-refractivity contribution in [2.24, 2.45) is 0 Å². The quantitative estimate of drug-likeness (QED) is 0.564. The molecule has 1 rings (SSSR count). The fraction of sp³-hybridized carbons (Fsp3) is 0.250. The first-order chi connectivity index (χ1) is 3.29. The minimum Gasteiger partial charge on any atom is -0.286 e. The first kappa shape index (κ1) is 5.38. The monoisotopic (exact) mass is 178 g/mol. The van der Waals surface area contributed by atoms with E-state index in [1.54, 1.807) is 0 Å². The smallest absolute Gasteiger partial charge is 0.198 e. The van der Waals surface area contributed by atoms with Gasteiger partial charge in [-0.25, -0.2) is 0 Å². The lowest BCUT2D eigenvalue weighted by molar-refractivity contribution is -0.110. The lowest BCUT2D eigenvalue weighted by Crippen LogP contribution is -1.76. The zero-order valence-electron chi connectivity index (χ0n) is 3.48. The van der Waals surface area contributed by atoms with Gasteiger partial charge in [0.1, 0.15) is 0 Å². The maximum Gasteiger partial charge on any atom is 0.198 e. The molecule has 0 N–H and O–H groups in total. The van der Waals surface area contributed by atoms with Crippen LogP contribution in [-0.2, 0) is 4.79 Å². The summed E-state index contributed by atoms with van der Waals surface area (Å²) in [4.78, 5) is 10.3. The van der Waals surface area contributed by atoms with Crippen molar-refractivity contribution in [2.75, 3.05) is 0 Å². The van der Waals surface area contributed by atoms with Crippen molar-refractivity contribution in [2.45, 2.75) is 6.42 Å². The normalized spacial score (nSPS) is 20.1. The summed E-state index contributed by atoms with van der Waals surface area (Å²) in [5, 5.41) is 0.229. The van der Waals surface area contributed by atoms with Gasteiger partial charge in [-0.05, 0) is 27.7 Å². The minimum atomic E-state index is 0.229. The van der Waals surface area contributed by atoms with E-state index < -0.39 is 0 Å². The molecule has 0 saturated heterocycles. The van der Waals surface area contributed by atoms with E-state index in [2.05, 4.69) is 15.9 Å². The number of hydrogen-bond acceptors (Lipinski definition) is 2. The van der Waals surface area contributed by atoms with Gasteiger partial charge >= 0.3 is 0 Å². The van der Waals surface area contributed by atoms with Gasteiger partial charge in [0.2, 0.25) is 0 Å². The van der Waals surface area contributed by atoms with Crippen LogP contribution in [0.2, 0.25) is 0 Å². The standard InChI is InChI=1S/C4H3BrOS/c5-3-1-2-4(6)7-3/h1H,2H2. The van der Waals surface area contributed by atoms with E-state index in [1.165, 1.54) is 11.8 Å². The van der Waals surface area contributed by atoms with Crippen LogP contribution in [0.1, 0.15) is 6.42 Å². The number of thioether (sulfide) groups is 1. The molecule has 0 aromatic heterocycles. The molecule has 0 unspecified atom stereocenters. The molecule has 1 nitrogen and oxygen atoms in total. The first-order valence-electron chi connectivity index (χ1n) is 1.85. The lowest BCUT2D eigenvalue weighted by atomic mass is 10.5.